The number of carbonyl (C=O) groups excluding carboxylic acids is 1. The predicted octanol–water partition coefficient (Wildman–Crippen LogP) is 5.00. The molecule has 0 radical (unpaired) electrons. The number of ketones is 1. The van der Waals surface area contributed by atoms with Crippen LogP contribution >= 0.6 is 0 Å². The number of nitrogens with zero attached hydrogens (tertiary/aromatic N) is 2. The molecule has 0 spiro atoms. The Labute approximate surface area is 153 Å². The van der Waals surface area contributed by atoms with E-state index >= 15 is 0 Å². The van der Waals surface area contributed by atoms with Crippen LogP contribution in [0.15, 0.2) is 48.5 Å². The SMILES string of the molecule is Cc1ccc(Nc2nn(-c3ccccc3)c3c2C(=O)C[C@H](C)C3)cc1C. The molecule has 1 atom stereocenters. The third kappa shape index (κ3) is 2.92. The van der Waals surface area contributed by atoms with Crippen LogP contribution < -0.4 is 5.32 Å². The third-order valence-electron chi connectivity index (χ3n) is 5.11. The lowest BCUT2D eigenvalue weighted by atomic mass is 9.87. The van der Waals surface area contributed by atoms with Crippen molar-refractivity contribution in [1.29, 1.82) is 0 Å². The van der Waals surface area contributed by atoms with Gasteiger partial charge in [0.25, 0.3) is 0 Å². The average molecular weight is 345 g/mol. The molecule has 0 fully saturated rings. The number of hydrogen-bond donors (Lipinski definition) is 1. The zero-order chi connectivity index (χ0) is 18.3. The summed E-state index contributed by atoms with van der Waals surface area (Å²) in [5.41, 5.74) is 6.15. The molecule has 4 rings (SSSR count). The second-order valence-electron chi connectivity index (χ2n) is 7.28. The molecule has 0 unspecified atom stereocenters. The molecule has 1 aliphatic rings. The summed E-state index contributed by atoms with van der Waals surface area (Å²) >= 11 is 0. The molecular formula is C22H23N3O. The average Bonchev–Trinajstić information content (AvgIpc) is 2.97. The number of aryl methyl sites for hydroxylation is 2. The van der Waals surface area contributed by atoms with Crippen molar-refractivity contribution in [1.82, 2.24) is 9.78 Å². The lowest BCUT2D eigenvalue weighted by Gasteiger charge is -2.19. The minimum Gasteiger partial charge on any atom is -0.338 e. The van der Waals surface area contributed by atoms with E-state index in [1.165, 1.54) is 11.1 Å². The van der Waals surface area contributed by atoms with Gasteiger partial charge in [-0.3, -0.25) is 4.79 Å². The molecule has 0 bridgehead atoms. The summed E-state index contributed by atoms with van der Waals surface area (Å²) in [6.45, 7) is 6.31. The highest BCUT2D eigenvalue weighted by atomic mass is 16.1. The van der Waals surface area contributed by atoms with E-state index in [1.54, 1.807) is 0 Å². The Balaban J connectivity index is 1.82. The fraction of sp³-hybridized carbons (Fsp3) is 0.273. The number of Topliss-reactive ketones (excluding diaryl/α,β-unsaturated/α-hetero) is 1. The maximum absolute atomic E-state index is 12.8. The molecule has 4 nitrogen and oxygen atoms in total. The third-order valence-corrected chi connectivity index (χ3v) is 5.11. The van der Waals surface area contributed by atoms with Gasteiger partial charge in [0, 0.05) is 12.1 Å². The van der Waals surface area contributed by atoms with Gasteiger partial charge in [-0.05, 0) is 61.6 Å². The van der Waals surface area contributed by atoms with E-state index < -0.39 is 0 Å². The smallest absolute Gasteiger partial charge is 0.168 e. The molecule has 26 heavy (non-hydrogen) atoms. The maximum atomic E-state index is 12.8. The lowest BCUT2D eigenvalue weighted by molar-refractivity contribution is 0.0953. The van der Waals surface area contributed by atoms with Crippen molar-refractivity contribution in [2.24, 2.45) is 5.92 Å². The van der Waals surface area contributed by atoms with Crippen LogP contribution in [0, 0.1) is 19.8 Å². The monoisotopic (exact) mass is 345 g/mol. The normalized spacial score (nSPS) is 16.4. The molecule has 1 heterocycles. The van der Waals surface area contributed by atoms with Crippen LogP contribution in [0.1, 0.15) is 40.5 Å². The molecule has 1 aliphatic carbocycles. The van der Waals surface area contributed by atoms with Crippen LogP contribution in [0.25, 0.3) is 5.69 Å². The molecular weight excluding hydrogens is 322 g/mol. The minimum atomic E-state index is 0.173. The Morgan fingerprint density at radius 2 is 1.81 bits per heavy atom. The van der Waals surface area contributed by atoms with Crippen molar-refractivity contribution in [3.63, 3.8) is 0 Å². The van der Waals surface area contributed by atoms with Gasteiger partial charge < -0.3 is 5.32 Å². The molecule has 132 valence electrons. The van der Waals surface area contributed by atoms with Gasteiger partial charge in [-0.25, -0.2) is 4.68 Å². The molecule has 3 aromatic rings. The highest BCUT2D eigenvalue weighted by molar-refractivity contribution is 6.03. The molecule has 2 aromatic carbocycles. The zero-order valence-corrected chi connectivity index (χ0v) is 15.4. The molecule has 1 N–H and O–H groups in total. The number of rotatable bonds is 3. The van der Waals surface area contributed by atoms with E-state index in [0.29, 0.717) is 18.2 Å². The van der Waals surface area contributed by atoms with Gasteiger partial charge in [0.2, 0.25) is 0 Å². The Morgan fingerprint density at radius 3 is 2.54 bits per heavy atom. The number of anilines is 2. The van der Waals surface area contributed by atoms with Crippen molar-refractivity contribution in [2.45, 2.75) is 33.6 Å². The summed E-state index contributed by atoms with van der Waals surface area (Å²) in [4.78, 5) is 12.8. The fourth-order valence-electron chi connectivity index (χ4n) is 3.58. The van der Waals surface area contributed by atoms with Crippen LogP contribution in [0.3, 0.4) is 0 Å². The number of aromatic nitrogens is 2. The highest BCUT2D eigenvalue weighted by Gasteiger charge is 2.31. The van der Waals surface area contributed by atoms with Crippen LogP contribution in [0.5, 0.6) is 0 Å². The highest BCUT2D eigenvalue weighted by Crippen LogP contribution is 2.34. The van der Waals surface area contributed by atoms with Gasteiger partial charge in [-0.2, -0.15) is 0 Å². The van der Waals surface area contributed by atoms with E-state index in [2.05, 4.69) is 38.2 Å². The van der Waals surface area contributed by atoms with Crippen LogP contribution in [-0.4, -0.2) is 15.6 Å². The first-order valence-electron chi connectivity index (χ1n) is 9.07. The summed E-state index contributed by atoms with van der Waals surface area (Å²) in [5, 5.41) is 8.16. The quantitative estimate of drug-likeness (QED) is 0.727. The van der Waals surface area contributed by atoms with Crippen LogP contribution in [0.2, 0.25) is 0 Å². The van der Waals surface area contributed by atoms with Crippen molar-refractivity contribution in [3.8, 4) is 5.69 Å². The van der Waals surface area contributed by atoms with Crippen molar-refractivity contribution in [2.75, 3.05) is 5.32 Å². The van der Waals surface area contributed by atoms with E-state index in [4.69, 9.17) is 5.10 Å². The first-order valence-corrected chi connectivity index (χ1v) is 9.07. The topological polar surface area (TPSA) is 46.9 Å². The number of carbonyl (C=O) groups is 1. The van der Waals surface area contributed by atoms with E-state index in [9.17, 15) is 4.79 Å². The molecule has 4 heteroatoms. The van der Waals surface area contributed by atoms with Crippen molar-refractivity contribution >= 4 is 17.3 Å². The van der Waals surface area contributed by atoms with Gasteiger partial charge in [0.15, 0.2) is 11.6 Å². The standard InChI is InChI=1S/C22H23N3O/c1-14-11-19-21(20(26)12-14)22(23-17-10-9-15(2)16(3)13-17)24-25(19)18-7-5-4-6-8-18/h4-10,13-14H,11-12H2,1-3H3,(H,23,24)/t14-/m1/s1. The second kappa shape index (κ2) is 6.45. The Morgan fingerprint density at radius 1 is 1.04 bits per heavy atom. The predicted molar refractivity (Wildman–Crippen MR) is 105 cm³/mol. The number of hydrogen-bond acceptors (Lipinski definition) is 3. The van der Waals surface area contributed by atoms with Crippen molar-refractivity contribution < 1.29 is 4.79 Å². The molecule has 1 aromatic heterocycles. The van der Waals surface area contributed by atoms with Gasteiger partial charge in [-0.15, -0.1) is 5.10 Å². The molecule has 0 aliphatic heterocycles. The van der Waals surface area contributed by atoms with Gasteiger partial charge in [-0.1, -0.05) is 31.2 Å². The van der Waals surface area contributed by atoms with Crippen LogP contribution in [0.4, 0.5) is 11.5 Å². The van der Waals surface area contributed by atoms with Gasteiger partial charge >= 0.3 is 0 Å². The summed E-state index contributed by atoms with van der Waals surface area (Å²) < 4.78 is 1.92. The van der Waals surface area contributed by atoms with Crippen molar-refractivity contribution in [3.05, 3.63) is 70.9 Å². The number of fused-ring (bicyclic) bond motifs is 1. The van der Waals surface area contributed by atoms with E-state index in [-0.39, 0.29) is 5.78 Å². The minimum absolute atomic E-state index is 0.173. The maximum Gasteiger partial charge on any atom is 0.168 e. The number of benzene rings is 2. The second-order valence-corrected chi connectivity index (χ2v) is 7.28. The van der Waals surface area contributed by atoms with E-state index in [0.717, 1.165) is 29.1 Å². The Hall–Kier alpha value is -2.88. The number of nitrogens with one attached hydrogen (secondary N) is 1. The van der Waals surface area contributed by atoms with E-state index in [1.807, 2.05) is 41.1 Å². The van der Waals surface area contributed by atoms with Crippen LogP contribution in [-0.2, 0) is 6.42 Å². The fourth-order valence-corrected chi connectivity index (χ4v) is 3.58. The van der Waals surface area contributed by atoms with Gasteiger partial charge in [0.05, 0.1) is 16.9 Å². The first-order chi connectivity index (χ1) is 12.5. The summed E-state index contributed by atoms with van der Waals surface area (Å²) in [6, 6.07) is 16.2. The molecule has 0 saturated carbocycles. The molecule has 0 saturated heterocycles. The first kappa shape index (κ1) is 16.6. The zero-order valence-electron chi connectivity index (χ0n) is 15.4. The Kier molecular flexibility index (Phi) is 4.11. The molecule has 0 amide bonds. The van der Waals surface area contributed by atoms with Gasteiger partial charge in [0.1, 0.15) is 0 Å². The Bertz CT molecular complexity index is 973. The lowest BCUT2D eigenvalue weighted by Crippen LogP contribution is -2.19. The number of para-hydroxylation sites is 1. The summed E-state index contributed by atoms with van der Waals surface area (Å²) in [7, 11) is 0. The largest absolute Gasteiger partial charge is 0.338 e. The summed E-state index contributed by atoms with van der Waals surface area (Å²) in [6.07, 6.45) is 1.44. The summed E-state index contributed by atoms with van der Waals surface area (Å²) in [5.74, 6) is 1.17.